The van der Waals surface area contributed by atoms with Crippen LogP contribution >= 0.6 is 0 Å². The Kier molecular flexibility index (Phi) is 11.1. The minimum Gasteiger partial charge on any atom is -0.384 e. The molecule has 1 saturated carbocycles. The maximum absolute atomic E-state index is 11.9. The SMILES string of the molecule is CC/C=C/C(C(/C)=C/C=N\C(N)=C\CC)=C1/CCC/C1=C(/C)NCc1cccc(C(=O)NC)c1. The fourth-order valence-corrected chi connectivity index (χ4v) is 4.06. The number of benzene rings is 1. The Morgan fingerprint density at radius 2 is 1.91 bits per heavy atom. The summed E-state index contributed by atoms with van der Waals surface area (Å²) >= 11 is 0. The van der Waals surface area contributed by atoms with E-state index < -0.39 is 0 Å². The molecule has 0 aromatic heterocycles. The van der Waals surface area contributed by atoms with E-state index in [1.165, 1.54) is 28.0 Å². The van der Waals surface area contributed by atoms with Crippen molar-refractivity contribution in [3.8, 4) is 0 Å². The van der Waals surface area contributed by atoms with Crippen molar-refractivity contribution >= 4 is 12.1 Å². The third-order valence-electron chi connectivity index (χ3n) is 5.88. The number of allylic oxidation sites excluding steroid dienone is 9. The lowest BCUT2D eigenvalue weighted by molar-refractivity contribution is 0.0963. The molecular weight excluding hydrogens is 420 g/mol. The number of carbonyl (C=O) groups is 1. The number of rotatable bonds is 10. The summed E-state index contributed by atoms with van der Waals surface area (Å²) in [6, 6.07) is 7.75. The van der Waals surface area contributed by atoms with Gasteiger partial charge in [0.15, 0.2) is 0 Å². The number of carbonyl (C=O) groups excluding carboxylic acids is 1. The van der Waals surface area contributed by atoms with Gasteiger partial charge in [-0.3, -0.25) is 4.79 Å². The Labute approximate surface area is 205 Å². The molecule has 0 saturated heterocycles. The predicted molar refractivity (Wildman–Crippen MR) is 144 cm³/mol. The van der Waals surface area contributed by atoms with Crippen LogP contribution in [0.1, 0.15) is 75.7 Å². The first-order chi connectivity index (χ1) is 16.4. The van der Waals surface area contributed by atoms with Crippen LogP contribution in [0.4, 0.5) is 0 Å². The summed E-state index contributed by atoms with van der Waals surface area (Å²) in [4.78, 5) is 16.3. The second-order valence-corrected chi connectivity index (χ2v) is 8.46. The molecular formula is C29H40N4O. The molecule has 34 heavy (non-hydrogen) atoms. The van der Waals surface area contributed by atoms with Gasteiger partial charge in [0, 0.05) is 31.1 Å². The first-order valence-corrected chi connectivity index (χ1v) is 12.2. The van der Waals surface area contributed by atoms with Gasteiger partial charge in [-0.25, -0.2) is 4.99 Å². The number of hydrogen-bond donors (Lipinski definition) is 3. The van der Waals surface area contributed by atoms with Crippen LogP contribution in [0.25, 0.3) is 0 Å². The van der Waals surface area contributed by atoms with E-state index in [1.807, 2.05) is 43.3 Å². The van der Waals surface area contributed by atoms with E-state index in [9.17, 15) is 4.79 Å². The first kappa shape index (κ1) is 26.9. The Bertz CT molecular complexity index is 1040. The van der Waals surface area contributed by atoms with Crippen LogP contribution in [0.5, 0.6) is 0 Å². The zero-order valence-electron chi connectivity index (χ0n) is 21.4. The third kappa shape index (κ3) is 7.91. The fraction of sp³-hybridized carbons (Fsp3) is 0.379. The predicted octanol–water partition coefficient (Wildman–Crippen LogP) is 6.08. The third-order valence-corrected chi connectivity index (χ3v) is 5.88. The van der Waals surface area contributed by atoms with Gasteiger partial charge in [-0.1, -0.05) is 38.1 Å². The zero-order chi connectivity index (χ0) is 24.9. The smallest absolute Gasteiger partial charge is 0.251 e. The van der Waals surface area contributed by atoms with Crippen LogP contribution in [-0.2, 0) is 6.54 Å². The van der Waals surface area contributed by atoms with Crippen molar-refractivity contribution in [3.63, 3.8) is 0 Å². The maximum Gasteiger partial charge on any atom is 0.251 e. The Morgan fingerprint density at radius 3 is 2.62 bits per heavy atom. The molecule has 2 rings (SSSR count). The van der Waals surface area contributed by atoms with E-state index in [4.69, 9.17) is 5.73 Å². The van der Waals surface area contributed by atoms with Crippen molar-refractivity contribution in [2.45, 2.75) is 66.3 Å². The summed E-state index contributed by atoms with van der Waals surface area (Å²) < 4.78 is 0. The van der Waals surface area contributed by atoms with Crippen molar-refractivity contribution in [3.05, 3.63) is 93.5 Å². The van der Waals surface area contributed by atoms with Crippen molar-refractivity contribution in [1.29, 1.82) is 0 Å². The number of nitrogens with zero attached hydrogens (tertiary/aromatic N) is 1. The van der Waals surface area contributed by atoms with Crippen LogP contribution in [0.3, 0.4) is 0 Å². The molecule has 1 aromatic carbocycles. The number of aliphatic imine (C=N–C) groups is 1. The molecule has 0 radical (unpaired) electrons. The molecule has 0 bridgehead atoms. The molecule has 1 fully saturated rings. The summed E-state index contributed by atoms with van der Waals surface area (Å²) in [6.07, 6.45) is 15.3. The molecule has 4 N–H and O–H groups in total. The zero-order valence-corrected chi connectivity index (χ0v) is 21.4. The monoisotopic (exact) mass is 460 g/mol. The minimum atomic E-state index is -0.0666. The van der Waals surface area contributed by atoms with Gasteiger partial charge < -0.3 is 16.4 Å². The highest BCUT2D eigenvalue weighted by molar-refractivity contribution is 5.94. The Hall–Kier alpha value is -3.34. The fourth-order valence-electron chi connectivity index (χ4n) is 4.06. The standard InChI is InChI=1S/C29H40N4O/c1-6-8-14-25(21(3)17-18-32-28(30)11-7-2)27-16-10-15-26(27)22(4)33-20-23-12-9-13-24(19-23)29(34)31-5/h8-9,11-14,17-19,33H,6-7,10,15-16,20,30H2,1-5H3,(H,31,34)/b14-8+,21-17+,26-22+,27-25+,28-11+,32-18-. The van der Waals surface area contributed by atoms with Gasteiger partial charge in [0.25, 0.3) is 5.91 Å². The molecule has 1 aliphatic rings. The summed E-state index contributed by atoms with van der Waals surface area (Å²) in [6.45, 7) is 9.17. The van der Waals surface area contributed by atoms with Gasteiger partial charge in [-0.2, -0.15) is 0 Å². The molecule has 5 heteroatoms. The van der Waals surface area contributed by atoms with E-state index in [1.54, 1.807) is 13.3 Å². The largest absolute Gasteiger partial charge is 0.384 e. The molecule has 0 unspecified atom stereocenters. The van der Waals surface area contributed by atoms with Gasteiger partial charge in [-0.15, -0.1) is 0 Å². The number of amides is 1. The molecule has 1 aromatic rings. The van der Waals surface area contributed by atoms with Gasteiger partial charge in [0.1, 0.15) is 5.82 Å². The van der Waals surface area contributed by atoms with E-state index in [-0.39, 0.29) is 5.91 Å². The van der Waals surface area contributed by atoms with Crippen LogP contribution in [0.2, 0.25) is 0 Å². The van der Waals surface area contributed by atoms with Gasteiger partial charge in [0.05, 0.1) is 0 Å². The van der Waals surface area contributed by atoms with Crippen LogP contribution in [-0.4, -0.2) is 19.2 Å². The van der Waals surface area contributed by atoms with Gasteiger partial charge in [0.2, 0.25) is 0 Å². The molecule has 182 valence electrons. The van der Waals surface area contributed by atoms with Crippen LogP contribution in [0.15, 0.2) is 87.4 Å². The average Bonchev–Trinajstić information content (AvgIpc) is 3.32. The summed E-state index contributed by atoms with van der Waals surface area (Å²) in [5.74, 6) is 0.481. The number of hydrogen-bond acceptors (Lipinski definition) is 4. The van der Waals surface area contributed by atoms with Crippen molar-refractivity contribution < 1.29 is 4.79 Å². The molecule has 0 heterocycles. The normalized spacial score (nSPS) is 18.0. The van der Waals surface area contributed by atoms with E-state index in [0.29, 0.717) is 17.9 Å². The topological polar surface area (TPSA) is 79.5 Å². The lowest BCUT2D eigenvalue weighted by Gasteiger charge is -2.15. The highest BCUT2D eigenvalue weighted by Crippen LogP contribution is 2.37. The summed E-state index contributed by atoms with van der Waals surface area (Å²) in [5, 5.41) is 6.28. The molecule has 0 spiro atoms. The molecule has 1 amide bonds. The van der Waals surface area contributed by atoms with E-state index >= 15 is 0 Å². The molecule has 5 nitrogen and oxygen atoms in total. The first-order valence-electron chi connectivity index (χ1n) is 12.2. The number of nitrogens with two attached hydrogens (primary N) is 1. The highest BCUT2D eigenvalue weighted by atomic mass is 16.1. The van der Waals surface area contributed by atoms with E-state index in [0.717, 1.165) is 37.7 Å². The van der Waals surface area contributed by atoms with Crippen LogP contribution in [0, 0.1) is 0 Å². The van der Waals surface area contributed by atoms with E-state index in [2.05, 4.69) is 48.5 Å². The molecule has 0 atom stereocenters. The second kappa shape index (κ2) is 14.0. The van der Waals surface area contributed by atoms with Crippen molar-refractivity contribution in [1.82, 2.24) is 10.6 Å². The number of nitrogens with one attached hydrogen (secondary N) is 2. The highest BCUT2D eigenvalue weighted by Gasteiger charge is 2.20. The summed E-state index contributed by atoms with van der Waals surface area (Å²) in [7, 11) is 1.65. The quantitative estimate of drug-likeness (QED) is 0.370. The lowest BCUT2D eigenvalue weighted by atomic mass is 9.95. The van der Waals surface area contributed by atoms with Crippen molar-refractivity contribution in [2.75, 3.05) is 7.05 Å². The van der Waals surface area contributed by atoms with Crippen LogP contribution < -0.4 is 16.4 Å². The Balaban J connectivity index is 2.32. The summed E-state index contributed by atoms with van der Waals surface area (Å²) in [5.41, 5.74) is 14.1. The van der Waals surface area contributed by atoms with Crippen molar-refractivity contribution in [2.24, 2.45) is 10.7 Å². The lowest BCUT2D eigenvalue weighted by Crippen LogP contribution is -2.18. The second-order valence-electron chi connectivity index (χ2n) is 8.46. The molecule has 1 aliphatic carbocycles. The van der Waals surface area contributed by atoms with Gasteiger partial charge in [-0.05, 0) is 98.1 Å². The average molecular weight is 461 g/mol. The Morgan fingerprint density at radius 1 is 1.15 bits per heavy atom. The van der Waals surface area contributed by atoms with Gasteiger partial charge >= 0.3 is 0 Å². The minimum absolute atomic E-state index is 0.0666. The maximum atomic E-state index is 11.9. The molecule has 0 aliphatic heterocycles.